The van der Waals surface area contributed by atoms with Gasteiger partial charge in [0.2, 0.25) is 0 Å². The summed E-state index contributed by atoms with van der Waals surface area (Å²) in [6.45, 7) is 5.78. The van der Waals surface area contributed by atoms with E-state index in [1.807, 2.05) is 6.07 Å². The van der Waals surface area contributed by atoms with Crippen LogP contribution in [-0.2, 0) is 4.79 Å². The van der Waals surface area contributed by atoms with E-state index in [2.05, 4.69) is 52.1 Å². The lowest BCUT2D eigenvalue weighted by atomic mass is 10.0. The number of benzene rings is 1. The first-order chi connectivity index (χ1) is 8.99. The number of carbonyl (C=O) groups is 1. The first-order valence-corrected chi connectivity index (χ1v) is 7.25. The summed E-state index contributed by atoms with van der Waals surface area (Å²) in [5, 5.41) is 12.4. The third kappa shape index (κ3) is 3.28. The number of piperazine rings is 1. The molecule has 1 aromatic rings. The van der Waals surface area contributed by atoms with Crippen LogP contribution >= 0.6 is 15.9 Å². The van der Waals surface area contributed by atoms with Crippen LogP contribution in [0.4, 0.5) is 5.69 Å². The Kier molecular flexibility index (Phi) is 4.47. The smallest absolute Gasteiger partial charge is 0.305 e. The number of carboxylic acids is 1. The molecule has 2 atom stereocenters. The number of carboxylic acid groups (broad SMARTS) is 1. The number of aliphatic carboxylic acids is 1. The second kappa shape index (κ2) is 5.92. The zero-order valence-corrected chi connectivity index (χ0v) is 12.8. The van der Waals surface area contributed by atoms with Crippen molar-refractivity contribution in [3.63, 3.8) is 0 Å². The molecule has 1 aliphatic heterocycles. The maximum Gasteiger partial charge on any atom is 0.305 e. The lowest BCUT2D eigenvalue weighted by molar-refractivity contribution is -0.137. The van der Waals surface area contributed by atoms with Gasteiger partial charge in [0.05, 0.1) is 12.5 Å². The average molecular weight is 327 g/mol. The second-order valence-electron chi connectivity index (χ2n) is 5.10. The van der Waals surface area contributed by atoms with Gasteiger partial charge in [-0.2, -0.15) is 0 Å². The molecule has 0 bridgehead atoms. The summed E-state index contributed by atoms with van der Waals surface area (Å²) in [7, 11) is 0. The van der Waals surface area contributed by atoms with E-state index in [4.69, 9.17) is 5.11 Å². The molecule has 0 saturated carbocycles. The summed E-state index contributed by atoms with van der Waals surface area (Å²) >= 11 is 3.47. The summed E-state index contributed by atoms with van der Waals surface area (Å²) < 4.78 is 1.05. The summed E-state index contributed by atoms with van der Waals surface area (Å²) in [5.74, 6) is -0.749. The van der Waals surface area contributed by atoms with E-state index in [1.165, 1.54) is 5.56 Å². The van der Waals surface area contributed by atoms with Gasteiger partial charge in [0, 0.05) is 29.3 Å². The number of anilines is 1. The zero-order valence-electron chi connectivity index (χ0n) is 11.2. The number of aryl methyl sites for hydroxylation is 1. The highest BCUT2D eigenvalue weighted by Crippen LogP contribution is 2.29. The van der Waals surface area contributed by atoms with Crippen molar-refractivity contribution in [2.75, 3.05) is 18.0 Å². The minimum Gasteiger partial charge on any atom is -0.481 e. The highest BCUT2D eigenvalue weighted by molar-refractivity contribution is 9.10. The molecule has 1 aliphatic rings. The third-order valence-electron chi connectivity index (χ3n) is 3.54. The Hall–Kier alpha value is -1.07. The van der Waals surface area contributed by atoms with Crippen molar-refractivity contribution in [1.82, 2.24) is 5.32 Å². The minimum absolute atomic E-state index is 0.00104. The number of rotatable bonds is 3. The standard InChI is InChI=1S/C14H19BrN2O2/c1-9-5-11(15)3-4-13(9)17-10(2)7-16-8-12(17)6-14(18)19/h3-5,10,12,16H,6-8H2,1-2H3,(H,18,19). The van der Waals surface area contributed by atoms with Gasteiger partial charge in [-0.15, -0.1) is 0 Å². The molecular weight excluding hydrogens is 308 g/mol. The lowest BCUT2D eigenvalue weighted by Gasteiger charge is -2.43. The summed E-state index contributed by atoms with van der Waals surface area (Å²) in [6, 6.07) is 6.44. The molecule has 1 aromatic carbocycles. The lowest BCUT2D eigenvalue weighted by Crippen LogP contribution is -2.57. The topological polar surface area (TPSA) is 52.6 Å². The summed E-state index contributed by atoms with van der Waals surface area (Å²) in [6.07, 6.45) is 0.160. The zero-order chi connectivity index (χ0) is 14.0. The highest BCUT2D eigenvalue weighted by atomic mass is 79.9. The number of nitrogens with zero attached hydrogens (tertiary/aromatic N) is 1. The highest BCUT2D eigenvalue weighted by Gasteiger charge is 2.30. The van der Waals surface area contributed by atoms with Gasteiger partial charge in [0.15, 0.2) is 0 Å². The fourth-order valence-corrected chi connectivity index (χ4v) is 3.21. The fraction of sp³-hybridized carbons (Fsp3) is 0.500. The van der Waals surface area contributed by atoms with E-state index in [0.29, 0.717) is 6.54 Å². The van der Waals surface area contributed by atoms with Crippen molar-refractivity contribution in [2.45, 2.75) is 32.4 Å². The Morgan fingerprint density at radius 3 is 2.89 bits per heavy atom. The van der Waals surface area contributed by atoms with Crippen LogP contribution < -0.4 is 10.2 Å². The van der Waals surface area contributed by atoms with Crippen LogP contribution in [0, 0.1) is 6.92 Å². The Balaban J connectivity index is 2.33. The molecule has 4 nitrogen and oxygen atoms in total. The number of hydrogen-bond donors (Lipinski definition) is 2. The molecule has 0 spiro atoms. The van der Waals surface area contributed by atoms with Crippen LogP contribution in [0.5, 0.6) is 0 Å². The molecular formula is C14H19BrN2O2. The maximum atomic E-state index is 11.0. The number of nitrogens with one attached hydrogen (secondary N) is 1. The molecule has 1 saturated heterocycles. The Morgan fingerprint density at radius 1 is 1.53 bits per heavy atom. The molecule has 5 heteroatoms. The van der Waals surface area contributed by atoms with Gasteiger partial charge >= 0.3 is 5.97 Å². The molecule has 1 fully saturated rings. The van der Waals surface area contributed by atoms with Gasteiger partial charge in [-0.25, -0.2) is 0 Å². The fourth-order valence-electron chi connectivity index (χ4n) is 2.73. The van der Waals surface area contributed by atoms with E-state index in [0.717, 1.165) is 16.7 Å². The van der Waals surface area contributed by atoms with Crippen molar-refractivity contribution in [3.05, 3.63) is 28.2 Å². The van der Waals surface area contributed by atoms with Crippen molar-refractivity contribution in [2.24, 2.45) is 0 Å². The number of halogens is 1. The average Bonchev–Trinajstić information content (AvgIpc) is 2.30. The van der Waals surface area contributed by atoms with Crippen molar-refractivity contribution in [3.8, 4) is 0 Å². The van der Waals surface area contributed by atoms with E-state index in [-0.39, 0.29) is 18.5 Å². The van der Waals surface area contributed by atoms with Crippen LogP contribution in [0.1, 0.15) is 18.9 Å². The molecule has 0 radical (unpaired) electrons. The van der Waals surface area contributed by atoms with Gasteiger partial charge in [0.25, 0.3) is 0 Å². The quantitative estimate of drug-likeness (QED) is 0.895. The molecule has 0 aliphatic carbocycles. The minimum atomic E-state index is -0.749. The van der Waals surface area contributed by atoms with Gasteiger partial charge in [0.1, 0.15) is 0 Å². The molecule has 1 heterocycles. The van der Waals surface area contributed by atoms with Gasteiger partial charge < -0.3 is 15.3 Å². The van der Waals surface area contributed by atoms with Crippen LogP contribution in [-0.4, -0.2) is 36.2 Å². The molecule has 19 heavy (non-hydrogen) atoms. The normalized spacial score (nSPS) is 23.4. The molecule has 104 valence electrons. The van der Waals surface area contributed by atoms with E-state index in [1.54, 1.807) is 0 Å². The predicted molar refractivity (Wildman–Crippen MR) is 79.7 cm³/mol. The monoisotopic (exact) mass is 326 g/mol. The largest absolute Gasteiger partial charge is 0.481 e. The Bertz CT molecular complexity index is 479. The second-order valence-corrected chi connectivity index (χ2v) is 6.01. The van der Waals surface area contributed by atoms with E-state index in [9.17, 15) is 4.79 Å². The van der Waals surface area contributed by atoms with Crippen molar-refractivity contribution >= 4 is 27.6 Å². The van der Waals surface area contributed by atoms with E-state index >= 15 is 0 Å². The summed E-state index contributed by atoms with van der Waals surface area (Å²) in [5.41, 5.74) is 2.29. The van der Waals surface area contributed by atoms with Crippen molar-refractivity contribution in [1.29, 1.82) is 0 Å². The number of hydrogen-bond acceptors (Lipinski definition) is 3. The Labute approximate surface area is 121 Å². The molecule has 2 N–H and O–H groups in total. The SMILES string of the molecule is Cc1cc(Br)ccc1N1C(C)CNCC1CC(=O)O. The molecule has 2 rings (SSSR count). The van der Waals surface area contributed by atoms with Crippen LogP contribution in [0.3, 0.4) is 0 Å². The molecule has 0 aromatic heterocycles. The van der Waals surface area contributed by atoms with E-state index < -0.39 is 5.97 Å². The first-order valence-electron chi connectivity index (χ1n) is 6.46. The molecule has 2 unspecified atom stereocenters. The van der Waals surface area contributed by atoms with Crippen molar-refractivity contribution < 1.29 is 9.90 Å². The molecule has 0 amide bonds. The first kappa shape index (κ1) is 14.3. The maximum absolute atomic E-state index is 11.0. The van der Waals surface area contributed by atoms with Gasteiger partial charge in [-0.3, -0.25) is 4.79 Å². The van der Waals surface area contributed by atoms with Gasteiger partial charge in [-0.05, 0) is 37.6 Å². The Morgan fingerprint density at radius 2 is 2.26 bits per heavy atom. The van der Waals surface area contributed by atoms with Crippen LogP contribution in [0.15, 0.2) is 22.7 Å². The predicted octanol–water partition coefficient (Wildman–Crippen LogP) is 2.40. The van der Waals surface area contributed by atoms with Gasteiger partial charge in [-0.1, -0.05) is 15.9 Å². The van der Waals surface area contributed by atoms with Crippen LogP contribution in [0.2, 0.25) is 0 Å². The third-order valence-corrected chi connectivity index (χ3v) is 4.03. The van der Waals surface area contributed by atoms with Crippen LogP contribution in [0.25, 0.3) is 0 Å². The summed E-state index contributed by atoms with van der Waals surface area (Å²) in [4.78, 5) is 13.3.